The van der Waals surface area contributed by atoms with Crippen LogP contribution < -0.4 is 10.6 Å². The highest BCUT2D eigenvalue weighted by atomic mass is 16.5. The zero-order valence-corrected chi connectivity index (χ0v) is 14.9. The van der Waals surface area contributed by atoms with Gasteiger partial charge in [-0.3, -0.25) is 15.1 Å². The van der Waals surface area contributed by atoms with Crippen molar-refractivity contribution in [3.8, 4) is 0 Å². The summed E-state index contributed by atoms with van der Waals surface area (Å²) in [5.41, 5.74) is 1.59. The van der Waals surface area contributed by atoms with Gasteiger partial charge in [0.15, 0.2) is 0 Å². The van der Waals surface area contributed by atoms with Crippen LogP contribution >= 0.6 is 0 Å². The number of carbonyl (C=O) groups excluding carboxylic acids is 1. The van der Waals surface area contributed by atoms with E-state index >= 15 is 0 Å². The summed E-state index contributed by atoms with van der Waals surface area (Å²) < 4.78 is 5.67. The highest BCUT2D eigenvalue weighted by Crippen LogP contribution is 2.39. The SMILES string of the molecule is O=C(OCc1ccccc1)C12CCC(CC(CNc3ccncc3)C1)N2. The van der Waals surface area contributed by atoms with Gasteiger partial charge in [0.1, 0.15) is 12.1 Å². The maximum atomic E-state index is 12.9. The van der Waals surface area contributed by atoms with E-state index in [4.69, 9.17) is 4.74 Å². The Labute approximate surface area is 154 Å². The number of hydrogen-bond donors (Lipinski definition) is 2. The van der Waals surface area contributed by atoms with E-state index < -0.39 is 5.54 Å². The van der Waals surface area contributed by atoms with Crippen LogP contribution in [0.2, 0.25) is 0 Å². The van der Waals surface area contributed by atoms with Gasteiger partial charge in [-0.2, -0.15) is 0 Å². The van der Waals surface area contributed by atoms with Gasteiger partial charge in [-0.05, 0) is 49.3 Å². The van der Waals surface area contributed by atoms with Gasteiger partial charge >= 0.3 is 5.97 Å². The van der Waals surface area contributed by atoms with Gasteiger partial charge in [0, 0.05) is 30.7 Å². The lowest BCUT2D eigenvalue weighted by molar-refractivity contribution is -0.154. The molecule has 3 heterocycles. The van der Waals surface area contributed by atoms with E-state index in [-0.39, 0.29) is 5.97 Å². The summed E-state index contributed by atoms with van der Waals surface area (Å²) in [6.07, 6.45) is 7.43. The Morgan fingerprint density at radius 3 is 2.85 bits per heavy atom. The van der Waals surface area contributed by atoms with Gasteiger partial charge in [-0.15, -0.1) is 0 Å². The molecule has 5 nitrogen and oxygen atoms in total. The topological polar surface area (TPSA) is 63.2 Å². The fraction of sp³-hybridized carbons (Fsp3) is 0.429. The number of pyridine rings is 1. The number of aromatic nitrogens is 1. The van der Waals surface area contributed by atoms with Crippen LogP contribution in [0, 0.1) is 5.92 Å². The molecule has 0 spiro atoms. The Morgan fingerprint density at radius 2 is 2.04 bits per heavy atom. The average molecular weight is 351 g/mol. The summed E-state index contributed by atoms with van der Waals surface area (Å²) >= 11 is 0. The summed E-state index contributed by atoms with van der Waals surface area (Å²) in [5, 5.41) is 7.03. The van der Waals surface area contributed by atoms with Crippen LogP contribution in [0.1, 0.15) is 31.2 Å². The van der Waals surface area contributed by atoms with Gasteiger partial charge in [-0.25, -0.2) is 0 Å². The first-order chi connectivity index (χ1) is 12.7. The molecule has 0 radical (unpaired) electrons. The zero-order valence-electron chi connectivity index (χ0n) is 14.9. The maximum Gasteiger partial charge on any atom is 0.326 e. The quantitative estimate of drug-likeness (QED) is 0.783. The highest BCUT2D eigenvalue weighted by molar-refractivity contribution is 5.81. The molecule has 0 amide bonds. The fourth-order valence-electron chi connectivity index (χ4n) is 4.27. The summed E-state index contributed by atoms with van der Waals surface area (Å²) in [7, 11) is 0. The Kier molecular flexibility index (Phi) is 4.89. The molecule has 0 saturated carbocycles. The van der Waals surface area contributed by atoms with Gasteiger partial charge in [-0.1, -0.05) is 30.3 Å². The van der Waals surface area contributed by atoms with Crippen molar-refractivity contribution in [2.75, 3.05) is 11.9 Å². The average Bonchev–Trinajstić information content (AvgIpc) is 3.01. The number of esters is 1. The van der Waals surface area contributed by atoms with Crippen LogP contribution in [0.25, 0.3) is 0 Å². The number of nitrogens with zero attached hydrogens (tertiary/aromatic N) is 1. The number of nitrogens with one attached hydrogen (secondary N) is 2. The molecule has 2 fully saturated rings. The van der Waals surface area contributed by atoms with Crippen LogP contribution in [0.4, 0.5) is 5.69 Å². The van der Waals surface area contributed by atoms with Crippen LogP contribution in [0.15, 0.2) is 54.9 Å². The third kappa shape index (κ3) is 3.73. The molecule has 2 aliphatic rings. The van der Waals surface area contributed by atoms with Crippen molar-refractivity contribution < 1.29 is 9.53 Å². The molecule has 5 heteroatoms. The zero-order chi connectivity index (χ0) is 17.8. The lowest BCUT2D eigenvalue weighted by atomic mass is 9.83. The first-order valence-corrected chi connectivity index (χ1v) is 9.36. The lowest BCUT2D eigenvalue weighted by Crippen LogP contribution is -2.56. The van der Waals surface area contributed by atoms with Crippen LogP contribution in [0.3, 0.4) is 0 Å². The van der Waals surface area contributed by atoms with E-state index in [2.05, 4.69) is 15.6 Å². The Bertz CT molecular complexity index is 737. The molecule has 2 aliphatic heterocycles. The summed E-state index contributed by atoms with van der Waals surface area (Å²) in [6, 6.07) is 14.2. The third-order valence-electron chi connectivity index (χ3n) is 5.53. The molecule has 26 heavy (non-hydrogen) atoms. The van der Waals surface area contributed by atoms with E-state index in [0.717, 1.165) is 43.5 Å². The normalized spacial score (nSPS) is 27.1. The van der Waals surface area contributed by atoms with E-state index in [9.17, 15) is 4.79 Å². The minimum Gasteiger partial charge on any atom is -0.459 e. The van der Waals surface area contributed by atoms with Crippen molar-refractivity contribution in [1.29, 1.82) is 0 Å². The minimum atomic E-state index is -0.512. The van der Waals surface area contributed by atoms with E-state index in [0.29, 0.717) is 18.6 Å². The number of hydrogen-bond acceptors (Lipinski definition) is 5. The smallest absolute Gasteiger partial charge is 0.326 e. The molecule has 2 bridgehead atoms. The minimum absolute atomic E-state index is 0.0996. The second kappa shape index (κ2) is 7.46. The Morgan fingerprint density at radius 1 is 1.23 bits per heavy atom. The fourth-order valence-corrected chi connectivity index (χ4v) is 4.27. The molecule has 1 aromatic heterocycles. The van der Waals surface area contributed by atoms with Crippen LogP contribution in [-0.4, -0.2) is 29.1 Å². The van der Waals surface area contributed by atoms with Crippen molar-refractivity contribution in [3.05, 3.63) is 60.4 Å². The predicted molar refractivity (Wildman–Crippen MR) is 101 cm³/mol. The number of ether oxygens (including phenoxy) is 1. The number of carbonyl (C=O) groups is 1. The first-order valence-electron chi connectivity index (χ1n) is 9.36. The Balaban J connectivity index is 1.36. The van der Waals surface area contributed by atoms with Gasteiger partial charge in [0.25, 0.3) is 0 Å². The standard InChI is InChI=1S/C21H25N3O2/c25-20(26-15-16-4-2-1-3-5-16)21-9-6-19(24-21)12-17(13-21)14-23-18-7-10-22-11-8-18/h1-5,7-8,10-11,17,19,24H,6,9,12-15H2,(H,22,23). The molecule has 2 N–H and O–H groups in total. The van der Waals surface area contributed by atoms with Crippen LogP contribution in [0.5, 0.6) is 0 Å². The molecule has 2 saturated heterocycles. The molecule has 2 aromatic rings. The molecule has 1 aromatic carbocycles. The van der Waals surface area contributed by atoms with E-state index in [1.165, 1.54) is 0 Å². The number of fused-ring (bicyclic) bond motifs is 2. The number of piperidine rings is 1. The molecular formula is C21H25N3O2. The maximum absolute atomic E-state index is 12.9. The number of anilines is 1. The lowest BCUT2D eigenvalue weighted by Gasteiger charge is -2.37. The van der Waals surface area contributed by atoms with Crippen molar-refractivity contribution >= 4 is 11.7 Å². The third-order valence-corrected chi connectivity index (χ3v) is 5.53. The number of benzene rings is 1. The second-order valence-electron chi connectivity index (χ2n) is 7.45. The van der Waals surface area contributed by atoms with Crippen LogP contribution in [-0.2, 0) is 16.1 Å². The number of rotatable bonds is 6. The molecule has 4 rings (SSSR count). The molecule has 0 aliphatic carbocycles. The molecule has 136 valence electrons. The predicted octanol–water partition coefficient (Wildman–Crippen LogP) is 3.14. The van der Waals surface area contributed by atoms with Crippen molar-refractivity contribution in [3.63, 3.8) is 0 Å². The summed E-state index contributed by atoms with van der Waals surface area (Å²) in [5.74, 6) is 0.360. The summed E-state index contributed by atoms with van der Waals surface area (Å²) in [6.45, 7) is 1.21. The monoisotopic (exact) mass is 351 g/mol. The van der Waals surface area contributed by atoms with Crippen molar-refractivity contribution in [2.24, 2.45) is 5.92 Å². The van der Waals surface area contributed by atoms with Gasteiger partial charge in [0.2, 0.25) is 0 Å². The van der Waals surface area contributed by atoms with E-state index in [1.807, 2.05) is 42.5 Å². The van der Waals surface area contributed by atoms with E-state index in [1.54, 1.807) is 12.4 Å². The molecule has 3 atom stereocenters. The first kappa shape index (κ1) is 17.0. The molecule has 3 unspecified atom stereocenters. The van der Waals surface area contributed by atoms with Gasteiger partial charge in [0.05, 0.1) is 0 Å². The van der Waals surface area contributed by atoms with Crippen molar-refractivity contribution in [2.45, 2.75) is 43.9 Å². The largest absolute Gasteiger partial charge is 0.459 e. The summed E-state index contributed by atoms with van der Waals surface area (Å²) in [4.78, 5) is 16.9. The highest BCUT2D eigenvalue weighted by Gasteiger charge is 2.51. The van der Waals surface area contributed by atoms with Crippen molar-refractivity contribution in [1.82, 2.24) is 10.3 Å². The van der Waals surface area contributed by atoms with Gasteiger partial charge < -0.3 is 10.1 Å². The second-order valence-corrected chi connectivity index (χ2v) is 7.45. The Hall–Kier alpha value is -2.40. The molecular weight excluding hydrogens is 326 g/mol.